The van der Waals surface area contributed by atoms with E-state index in [0.29, 0.717) is 5.70 Å². The van der Waals surface area contributed by atoms with Crippen molar-refractivity contribution in [3.63, 3.8) is 0 Å². The second-order valence-corrected chi connectivity index (χ2v) is 4.07. The number of ketones is 1. The van der Waals surface area contributed by atoms with Crippen molar-refractivity contribution in [2.45, 2.75) is 12.6 Å². The van der Waals surface area contributed by atoms with E-state index in [0.717, 1.165) is 11.1 Å². The molecule has 0 bridgehead atoms. The van der Waals surface area contributed by atoms with Crippen molar-refractivity contribution in [3.8, 4) is 5.75 Å². The second kappa shape index (κ2) is 5.18. The van der Waals surface area contributed by atoms with Gasteiger partial charge in [-0.05, 0) is 23.8 Å². The highest BCUT2D eigenvalue weighted by molar-refractivity contribution is 6.01. The smallest absolute Gasteiger partial charge is 0.162 e. The Bertz CT molecular complexity index is 499. The Balaban J connectivity index is 2.22. The van der Waals surface area contributed by atoms with Crippen molar-refractivity contribution >= 4 is 11.5 Å². The van der Waals surface area contributed by atoms with Crippen molar-refractivity contribution in [3.05, 3.63) is 35.4 Å². The van der Waals surface area contributed by atoms with E-state index in [9.17, 15) is 9.90 Å². The number of hydrogen-bond acceptors (Lipinski definition) is 6. The minimum Gasteiger partial charge on any atom is -0.508 e. The Labute approximate surface area is 104 Å². The molecule has 1 aliphatic carbocycles. The maximum atomic E-state index is 11.6. The molecule has 5 N–H and O–H groups in total. The fraction of sp³-hybridized carbons (Fsp3) is 0.250. The first-order valence-electron chi connectivity index (χ1n) is 5.46. The Morgan fingerprint density at radius 2 is 2.28 bits per heavy atom. The van der Waals surface area contributed by atoms with E-state index in [1.165, 1.54) is 6.08 Å². The first-order chi connectivity index (χ1) is 8.60. The molecule has 0 radical (unpaired) electrons. The molecule has 1 aliphatic rings. The normalized spacial score (nSPS) is 15.9. The van der Waals surface area contributed by atoms with E-state index in [4.69, 9.17) is 11.0 Å². The van der Waals surface area contributed by atoms with Gasteiger partial charge in [-0.1, -0.05) is 0 Å². The lowest BCUT2D eigenvalue weighted by atomic mass is 9.93. The molecule has 96 valence electrons. The Morgan fingerprint density at radius 1 is 1.50 bits per heavy atom. The van der Waals surface area contributed by atoms with Gasteiger partial charge >= 0.3 is 0 Å². The van der Waals surface area contributed by atoms with E-state index >= 15 is 0 Å². The summed E-state index contributed by atoms with van der Waals surface area (Å²) in [7, 11) is 0. The minimum atomic E-state index is -0.872. The van der Waals surface area contributed by atoms with Crippen LogP contribution in [0.15, 0.2) is 24.3 Å². The number of aromatic hydroxyl groups is 1. The zero-order valence-corrected chi connectivity index (χ0v) is 9.59. The predicted molar refractivity (Wildman–Crippen MR) is 64.5 cm³/mol. The summed E-state index contributed by atoms with van der Waals surface area (Å²) in [6.07, 6.45) is 0.865. The molecule has 2 rings (SSSR count). The molecular formula is C12H14N2O4. The highest BCUT2D eigenvalue weighted by atomic mass is 17.1. The van der Waals surface area contributed by atoms with E-state index in [-0.39, 0.29) is 24.5 Å². The summed E-state index contributed by atoms with van der Waals surface area (Å²) in [5, 5.41) is 20.7. The number of carbonyl (C=O) groups is 1. The van der Waals surface area contributed by atoms with Crippen LogP contribution < -0.4 is 11.1 Å². The Morgan fingerprint density at radius 3 is 3.00 bits per heavy atom. The van der Waals surface area contributed by atoms with Crippen LogP contribution in [0.2, 0.25) is 0 Å². The van der Waals surface area contributed by atoms with Gasteiger partial charge < -0.3 is 16.2 Å². The predicted octanol–water partition coefficient (Wildman–Crippen LogP) is 0.222. The molecule has 1 atom stereocenters. The van der Waals surface area contributed by atoms with Gasteiger partial charge in [0.15, 0.2) is 12.0 Å². The van der Waals surface area contributed by atoms with Gasteiger partial charge in [-0.2, -0.15) is 0 Å². The molecule has 0 amide bonds. The van der Waals surface area contributed by atoms with Gasteiger partial charge in [0.2, 0.25) is 0 Å². The van der Waals surface area contributed by atoms with Crippen LogP contribution in [-0.4, -0.2) is 28.9 Å². The molecule has 0 heterocycles. The maximum absolute atomic E-state index is 11.6. The molecule has 6 heteroatoms. The molecule has 18 heavy (non-hydrogen) atoms. The summed E-state index contributed by atoms with van der Waals surface area (Å²) >= 11 is 0. The molecule has 1 aromatic rings. The van der Waals surface area contributed by atoms with Crippen molar-refractivity contribution in [2.75, 3.05) is 6.54 Å². The van der Waals surface area contributed by atoms with E-state index in [1.807, 2.05) is 0 Å². The van der Waals surface area contributed by atoms with E-state index in [2.05, 4.69) is 10.2 Å². The zero-order chi connectivity index (χ0) is 13.1. The molecule has 0 saturated carbocycles. The number of phenols is 1. The summed E-state index contributed by atoms with van der Waals surface area (Å²) in [4.78, 5) is 15.5. The highest BCUT2D eigenvalue weighted by Crippen LogP contribution is 2.26. The number of hydrogen-bond donors (Lipinski definition) is 4. The van der Waals surface area contributed by atoms with Crippen LogP contribution in [0.5, 0.6) is 5.75 Å². The number of rotatable bonds is 4. The third kappa shape index (κ3) is 2.67. The summed E-state index contributed by atoms with van der Waals surface area (Å²) in [5.41, 5.74) is 7.57. The van der Waals surface area contributed by atoms with E-state index < -0.39 is 6.23 Å². The number of carbonyl (C=O) groups excluding carboxylic acids is 1. The quantitative estimate of drug-likeness (QED) is 0.346. The molecule has 6 nitrogen and oxygen atoms in total. The van der Waals surface area contributed by atoms with Gasteiger partial charge in [-0.15, -0.1) is 0 Å². The molecule has 0 aromatic heterocycles. The van der Waals surface area contributed by atoms with Gasteiger partial charge in [0.05, 0.1) is 6.54 Å². The standard InChI is InChI=1S/C12H14N2O4/c13-12(18-17)6-14-11-5-9(16)4-7-3-8(15)1-2-10(7)11/h1-3,5,12,14-15,17H,4,6,13H2. The average Bonchev–Trinajstić information content (AvgIpc) is 2.34. The van der Waals surface area contributed by atoms with Crippen molar-refractivity contribution in [1.29, 1.82) is 0 Å². The van der Waals surface area contributed by atoms with Gasteiger partial charge in [0.1, 0.15) is 5.75 Å². The van der Waals surface area contributed by atoms with Gasteiger partial charge in [-0.25, -0.2) is 4.89 Å². The first-order valence-corrected chi connectivity index (χ1v) is 5.46. The number of nitrogens with one attached hydrogen (secondary N) is 1. The molecular weight excluding hydrogens is 236 g/mol. The number of nitrogens with two attached hydrogens (primary N) is 1. The molecule has 1 unspecified atom stereocenters. The third-order valence-corrected chi connectivity index (χ3v) is 2.68. The monoisotopic (exact) mass is 250 g/mol. The lowest BCUT2D eigenvalue weighted by Gasteiger charge is -2.20. The maximum Gasteiger partial charge on any atom is 0.162 e. The Kier molecular flexibility index (Phi) is 3.61. The number of fused-ring (bicyclic) bond motifs is 1. The lowest BCUT2D eigenvalue weighted by molar-refractivity contribution is -0.274. The second-order valence-electron chi connectivity index (χ2n) is 4.07. The SMILES string of the molecule is NC(CNC1=CC(=O)Cc2cc(O)ccc21)OO. The largest absolute Gasteiger partial charge is 0.508 e. The number of allylic oxidation sites excluding steroid dienone is 1. The first kappa shape index (κ1) is 12.6. The zero-order valence-electron chi connectivity index (χ0n) is 9.59. The molecule has 0 fully saturated rings. The summed E-state index contributed by atoms with van der Waals surface area (Å²) in [6, 6.07) is 4.83. The number of benzene rings is 1. The summed E-state index contributed by atoms with van der Waals surface area (Å²) < 4.78 is 0. The van der Waals surface area contributed by atoms with Crippen LogP contribution in [0.4, 0.5) is 0 Å². The van der Waals surface area contributed by atoms with Crippen LogP contribution in [0, 0.1) is 0 Å². The van der Waals surface area contributed by atoms with Crippen LogP contribution in [0.25, 0.3) is 5.70 Å². The van der Waals surface area contributed by atoms with Gasteiger partial charge in [0, 0.05) is 23.8 Å². The van der Waals surface area contributed by atoms with Crippen molar-refractivity contribution < 1.29 is 20.0 Å². The molecule has 1 aromatic carbocycles. The van der Waals surface area contributed by atoms with Crippen LogP contribution in [0.1, 0.15) is 11.1 Å². The topological polar surface area (TPSA) is 105 Å². The van der Waals surface area contributed by atoms with Crippen LogP contribution >= 0.6 is 0 Å². The van der Waals surface area contributed by atoms with Gasteiger partial charge in [0.25, 0.3) is 0 Å². The fourth-order valence-corrected chi connectivity index (χ4v) is 1.86. The van der Waals surface area contributed by atoms with E-state index in [1.54, 1.807) is 18.2 Å². The van der Waals surface area contributed by atoms with Crippen LogP contribution in [-0.2, 0) is 16.1 Å². The van der Waals surface area contributed by atoms with Gasteiger partial charge in [-0.3, -0.25) is 10.1 Å². The number of phenolic OH excluding ortho intramolecular Hbond substituents is 1. The molecule has 0 aliphatic heterocycles. The summed E-state index contributed by atoms with van der Waals surface area (Å²) in [5.74, 6) is 0.0623. The molecule has 0 saturated heterocycles. The lowest BCUT2D eigenvalue weighted by Crippen LogP contribution is -2.35. The van der Waals surface area contributed by atoms with Crippen molar-refractivity contribution in [1.82, 2.24) is 5.32 Å². The minimum absolute atomic E-state index is 0.0610. The summed E-state index contributed by atoms with van der Waals surface area (Å²) in [6.45, 7) is 0.163. The fourth-order valence-electron chi connectivity index (χ4n) is 1.86. The van der Waals surface area contributed by atoms with Crippen LogP contribution in [0.3, 0.4) is 0 Å². The Hall–Kier alpha value is -1.89. The molecule has 0 spiro atoms. The third-order valence-electron chi connectivity index (χ3n) is 2.68. The van der Waals surface area contributed by atoms with Crippen molar-refractivity contribution in [2.24, 2.45) is 5.73 Å². The highest BCUT2D eigenvalue weighted by Gasteiger charge is 2.18. The average molecular weight is 250 g/mol.